The molecule has 1 rings (SSSR count). The van der Waals surface area contributed by atoms with Gasteiger partial charge in [0, 0.05) is 10.6 Å². The Bertz CT molecular complexity index is 357. The number of nitrogens with zero attached hydrogens (tertiary/aromatic N) is 1. The molecule has 0 amide bonds. The second-order valence-electron chi connectivity index (χ2n) is 2.94. The standard InChI is InChI=1S/C10H10ClNO2/c1-7(12-14)6-10(13)8-2-4-9(11)5-3-8/h2-5,14H,6H2,1H3. The minimum Gasteiger partial charge on any atom is -0.411 e. The molecule has 0 aromatic heterocycles. The highest BCUT2D eigenvalue weighted by Crippen LogP contribution is 2.11. The van der Waals surface area contributed by atoms with E-state index in [9.17, 15) is 4.79 Å². The predicted molar refractivity (Wildman–Crippen MR) is 55.3 cm³/mol. The van der Waals surface area contributed by atoms with Crippen LogP contribution in [0.3, 0.4) is 0 Å². The molecule has 0 saturated heterocycles. The molecule has 1 aromatic carbocycles. The Morgan fingerprint density at radius 1 is 1.43 bits per heavy atom. The van der Waals surface area contributed by atoms with E-state index >= 15 is 0 Å². The number of rotatable bonds is 3. The minimum absolute atomic E-state index is 0.0861. The van der Waals surface area contributed by atoms with Gasteiger partial charge < -0.3 is 5.21 Å². The molecule has 3 nitrogen and oxygen atoms in total. The van der Waals surface area contributed by atoms with Crippen LogP contribution in [0.4, 0.5) is 0 Å². The molecular weight excluding hydrogens is 202 g/mol. The van der Waals surface area contributed by atoms with E-state index in [1.165, 1.54) is 0 Å². The number of ketones is 1. The van der Waals surface area contributed by atoms with Crippen molar-refractivity contribution in [3.8, 4) is 0 Å². The summed E-state index contributed by atoms with van der Waals surface area (Å²) >= 11 is 5.67. The molecule has 0 radical (unpaired) electrons. The van der Waals surface area contributed by atoms with Gasteiger partial charge in [0.2, 0.25) is 0 Å². The van der Waals surface area contributed by atoms with Crippen molar-refractivity contribution in [2.75, 3.05) is 0 Å². The first-order chi connectivity index (χ1) is 6.63. The highest BCUT2D eigenvalue weighted by atomic mass is 35.5. The first-order valence-electron chi connectivity index (χ1n) is 4.10. The predicted octanol–water partition coefficient (Wildman–Crippen LogP) is 2.76. The second-order valence-corrected chi connectivity index (χ2v) is 3.38. The Balaban J connectivity index is 2.75. The maximum Gasteiger partial charge on any atom is 0.168 e. The summed E-state index contributed by atoms with van der Waals surface area (Å²) in [7, 11) is 0. The Morgan fingerprint density at radius 2 is 2.00 bits per heavy atom. The first-order valence-corrected chi connectivity index (χ1v) is 4.47. The van der Waals surface area contributed by atoms with E-state index in [2.05, 4.69) is 5.16 Å². The van der Waals surface area contributed by atoms with E-state index in [4.69, 9.17) is 16.8 Å². The lowest BCUT2D eigenvalue weighted by atomic mass is 10.1. The smallest absolute Gasteiger partial charge is 0.168 e. The summed E-state index contributed by atoms with van der Waals surface area (Å²) in [6.45, 7) is 1.59. The van der Waals surface area contributed by atoms with Crippen LogP contribution < -0.4 is 0 Å². The Hall–Kier alpha value is -1.35. The lowest BCUT2D eigenvalue weighted by molar-refractivity contribution is 0.0999. The van der Waals surface area contributed by atoms with Crippen molar-refractivity contribution in [3.63, 3.8) is 0 Å². The fraction of sp³-hybridized carbons (Fsp3) is 0.200. The van der Waals surface area contributed by atoms with E-state index in [0.29, 0.717) is 16.3 Å². The van der Waals surface area contributed by atoms with E-state index in [1.54, 1.807) is 31.2 Å². The van der Waals surface area contributed by atoms with Crippen molar-refractivity contribution >= 4 is 23.1 Å². The molecule has 0 aliphatic carbocycles. The van der Waals surface area contributed by atoms with Crippen LogP contribution in [-0.4, -0.2) is 16.7 Å². The van der Waals surface area contributed by atoms with Crippen LogP contribution in [0.5, 0.6) is 0 Å². The third-order valence-electron chi connectivity index (χ3n) is 1.75. The maximum absolute atomic E-state index is 11.5. The quantitative estimate of drug-likeness (QED) is 0.362. The largest absolute Gasteiger partial charge is 0.411 e. The molecule has 0 spiro atoms. The molecule has 0 aliphatic rings. The van der Waals surface area contributed by atoms with Crippen molar-refractivity contribution < 1.29 is 10.0 Å². The van der Waals surface area contributed by atoms with E-state index in [0.717, 1.165) is 0 Å². The van der Waals surface area contributed by atoms with Crippen molar-refractivity contribution in [3.05, 3.63) is 34.9 Å². The van der Waals surface area contributed by atoms with Gasteiger partial charge in [0.1, 0.15) is 0 Å². The third kappa shape index (κ3) is 2.85. The van der Waals surface area contributed by atoms with Gasteiger partial charge >= 0.3 is 0 Å². The van der Waals surface area contributed by atoms with Crippen molar-refractivity contribution in [2.45, 2.75) is 13.3 Å². The summed E-state index contributed by atoms with van der Waals surface area (Å²) in [5.74, 6) is -0.0861. The van der Waals surface area contributed by atoms with Crippen LogP contribution in [0.25, 0.3) is 0 Å². The zero-order valence-electron chi connectivity index (χ0n) is 7.70. The third-order valence-corrected chi connectivity index (χ3v) is 2.01. The summed E-state index contributed by atoms with van der Waals surface area (Å²) in [6.07, 6.45) is 0.123. The molecular formula is C10H10ClNO2. The van der Waals surface area contributed by atoms with Crippen molar-refractivity contribution in [2.24, 2.45) is 5.16 Å². The van der Waals surface area contributed by atoms with Gasteiger partial charge in [-0.3, -0.25) is 4.79 Å². The zero-order chi connectivity index (χ0) is 10.6. The molecule has 4 heteroatoms. The number of hydrogen-bond acceptors (Lipinski definition) is 3. The maximum atomic E-state index is 11.5. The molecule has 0 fully saturated rings. The molecule has 1 N–H and O–H groups in total. The summed E-state index contributed by atoms with van der Waals surface area (Å²) in [5.41, 5.74) is 0.961. The van der Waals surface area contributed by atoms with Crippen LogP contribution in [0.15, 0.2) is 29.4 Å². The van der Waals surface area contributed by atoms with Crippen LogP contribution in [0.1, 0.15) is 23.7 Å². The van der Waals surface area contributed by atoms with Crippen LogP contribution in [-0.2, 0) is 0 Å². The summed E-state index contributed by atoms with van der Waals surface area (Å²) in [5, 5.41) is 11.9. The fourth-order valence-electron chi connectivity index (χ4n) is 1.01. The average Bonchev–Trinajstić information content (AvgIpc) is 2.18. The number of Topliss-reactive ketones (excluding diaryl/α,β-unsaturated/α-hetero) is 1. The summed E-state index contributed by atoms with van der Waals surface area (Å²) < 4.78 is 0. The lowest BCUT2D eigenvalue weighted by Gasteiger charge is -1.99. The Morgan fingerprint density at radius 3 is 2.50 bits per heavy atom. The van der Waals surface area contributed by atoms with Gasteiger partial charge in [-0.1, -0.05) is 16.8 Å². The van der Waals surface area contributed by atoms with Gasteiger partial charge in [-0.15, -0.1) is 0 Å². The number of carbonyl (C=O) groups is 1. The second kappa shape index (κ2) is 4.77. The first kappa shape index (κ1) is 10.7. The molecule has 0 atom stereocenters. The van der Waals surface area contributed by atoms with E-state index in [-0.39, 0.29) is 12.2 Å². The molecule has 14 heavy (non-hydrogen) atoms. The molecule has 0 saturated carbocycles. The monoisotopic (exact) mass is 211 g/mol. The van der Waals surface area contributed by atoms with Gasteiger partial charge in [0.15, 0.2) is 5.78 Å². The SMILES string of the molecule is CC(CC(=O)c1ccc(Cl)cc1)=NO. The Labute approximate surface area is 87.0 Å². The van der Waals surface area contributed by atoms with Gasteiger partial charge in [-0.05, 0) is 31.2 Å². The lowest BCUT2D eigenvalue weighted by Crippen LogP contribution is -2.04. The average molecular weight is 212 g/mol. The number of carbonyl (C=O) groups excluding carboxylic acids is 1. The van der Waals surface area contributed by atoms with Gasteiger partial charge in [-0.25, -0.2) is 0 Å². The molecule has 0 heterocycles. The molecule has 1 aromatic rings. The highest BCUT2D eigenvalue weighted by Gasteiger charge is 2.07. The van der Waals surface area contributed by atoms with E-state index < -0.39 is 0 Å². The van der Waals surface area contributed by atoms with Crippen LogP contribution in [0.2, 0.25) is 5.02 Å². The van der Waals surface area contributed by atoms with Crippen LogP contribution >= 0.6 is 11.6 Å². The normalized spacial score (nSPS) is 11.4. The minimum atomic E-state index is -0.0861. The number of benzene rings is 1. The fourth-order valence-corrected chi connectivity index (χ4v) is 1.13. The molecule has 0 bridgehead atoms. The molecule has 74 valence electrons. The van der Waals surface area contributed by atoms with Gasteiger partial charge in [0.25, 0.3) is 0 Å². The van der Waals surface area contributed by atoms with Gasteiger partial charge in [-0.2, -0.15) is 0 Å². The number of halogens is 1. The van der Waals surface area contributed by atoms with Crippen molar-refractivity contribution in [1.82, 2.24) is 0 Å². The number of hydrogen-bond donors (Lipinski definition) is 1. The zero-order valence-corrected chi connectivity index (χ0v) is 8.45. The number of oxime groups is 1. The summed E-state index contributed by atoms with van der Waals surface area (Å²) in [4.78, 5) is 11.5. The van der Waals surface area contributed by atoms with Gasteiger partial charge in [0.05, 0.1) is 12.1 Å². The Kier molecular flexibility index (Phi) is 3.65. The highest BCUT2D eigenvalue weighted by molar-refractivity contribution is 6.30. The topological polar surface area (TPSA) is 49.7 Å². The van der Waals surface area contributed by atoms with Crippen LogP contribution in [0, 0.1) is 0 Å². The van der Waals surface area contributed by atoms with E-state index in [1.807, 2.05) is 0 Å². The molecule has 0 aliphatic heterocycles. The van der Waals surface area contributed by atoms with Crippen molar-refractivity contribution in [1.29, 1.82) is 0 Å². The molecule has 0 unspecified atom stereocenters. The summed E-state index contributed by atoms with van der Waals surface area (Å²) in [6, 6.07) is 6.60.